The Kier molecular flexibility index (Phi) is 9.43. The van der Waals surface area contributed by atoms with Crippen LogP contribution in [0.4, 0.5) is 5.82 Å². The normalized spacial score (nSPS) is 20.6. The summed E-state index contributed by atoms with van der Waals surface area (Å²) < 4.78 is 0. The molecule has 1 aromatic rings. The summed E-state index contributed by atoms with van der Waals surface area (Å²) >= 11 is 0. The number of hydrogen-bond acceptors (Lipinski definition) is 4. The minimum absolute atomic E-state index is 0. The molecule has 3 N–H and O–H groups in total. The Morgan fingerprint density at radius 2 is 2.07 bits per heavy atom. The van der Waals surface area contributed by atoms with Gasteiger partial charge in [-0.2, -0.15) is 0 Å². The monoisotopic (exact) mass is 500 g/mol. The summed E-state index contributed by atoms with van der Waals surface area (Å²) in [4.78, 5) is 23.3. The van der Waals surface area contributed by atoms with Crippen molar-refractivity contribution in [1.82, 2.24) is 20.5 Å². The highest BCUT2D eigenvalue weighted by molar-refractivity contribution is 14.0. The lowest BCUT2D eigenvalue weighted by molar-refractivity contribution is -0.116. The molecule has 1 saturated carbocycles. The number of rotatable bonds is 6. The molecule has 8 heteroatoms. The summed E-state index contributed by atoms with van der Waals surface area (Å²) in [6.07, 6.45) is 6.98. The number of carbonyl (C=O) groups is 1. The molecule has 1 saturated heterocycles. The molecule has 3 rings (SSSR count). The molecule has 0 aromatic carbocycles. The first-order valence-electron chi connectivity index (χ1n) is 10.1. The Morgan fingerprint density at radius 3 is 2.79 bits per heavy atom. The second-order valence-corrected chi connectivity index (χ2v) is 7.52. The van der Waals surface area contributed by atoms with Crippen LogP contribution < -0.4 is 16.0 Å². The Bertz CT molecular complexity index is 662. The van der Waals surface area contributed by atoms with Crippen molar-refractivity contribution in [3.05, 3.63) is 23.9 Å². The molecule has 0 spiro atoms. The molecule has 0 bridgehead atoms. The molecular weight excluding hydrogens is 467 g/mol. The number of aryl methyl sites for hydroxylation is 1. The van der Waals surface area contributed by atoms with Crippen molar-refractivity contribution in [2.75, 3.05) is 32.0 Å². The number of pyridine rings is 1. The summed E-state index contributed by atoms with van der Waals surface area (Å²) in [5.74, 6) is 1.32. The maximum absolute atomic E-state index is 12.1. The average molecular weight is 500 g/mol. The zero-order valence-corrected chi connectivity index (χ0v) is 19.2. The Hall–Kier alpha value is -1.42. The maximum atomic E-state index is 12.1. The molecule has 0 radical (unpaired) electrons. The lowest BCUT2D eigenvalue weighted by Gasteiger charge is -2.24. The summed E-state index contributed by atoms with van der Waals surface area (Å²) in [5, 5.41) is 9.58. The summed E-state index contributed by atoms with van der Waals surface area (Å²) in [7, 11) is 1.77. The Balaban J connectivity index is 0.00000280. The van der Waals surface area contributed by atoms with Gasteiger partial charge in [0.1, 0.15) is 5.82 Å². The summed E-state index contributed by atoms with van der Waals surface area (Å²) in [5.41, 5.74) is 0.888. The van der Waals surface area contributed by atoms with E-state index in [-0.39, 0.29) is 29.9 Å². The predicted octanol–water partition coefficient (Wildman–Crippen LogP) is 2.52. The van der Waals surface area contributed by atoms with E-state index < -0.39 is 0 Å². The largest absolute Gasteiger partial charge is 0.356 e. The van der Waals surface area contributed by atoms with Gasteiger partial charge in [0.25, 0.3) is 0 Å². The van der Waals surface area contributed by atoms with Gasteiger partial charge < -0.3 is 16.0 Å². The van der Waals surface area contributed by atoms with Gasteiger partial charge in [-0.3, -0.25) is 14.7 Å². The van der Waals surface area contributed by atoms with Gasteiger partial charge in [-0.25, -0.2) is 4.98 Å². The Morgan fingerprint density at radius 1 is 1.29 bits per heavy atom. The van der Waals surface area contributed by atoms with Crippen molar-refractivity contribution in [2.24, 2.45) is 4.99 Å². The summed E-state index contributed by atoms with van der Waals surface area (Å²) in [6, 6.07) is 6.81. The number of amides is 1. The topological polar surface area (TPSA) is 81.6 Å². The first-order valence-corrected chi connectivity index (χ1v) is 10.1. The van der Waals surface area contributed by atoms with Crippen LogP contribution in [-0.4, -0.2) is 60.5 Å². The minimum Gasteiger partial charge on any atom is -0.356 e. The van der Waals surface area contributed by atoms with Gasteiger partial charge in [0.2, 0.25) is 5.91 Å². The molecule has 2 fully saturated rings. The maximum Gasteiger partial charge on any atom is 0.227 e. The van der Waals surface area contributed by atoms with Crippen LogP contribution in [0.2, 0.25) is 0 Å². The van der Waals surface area contributed by atoms with E-state index in [0.717, 1.165) is 30.7 Å². The number of likely N-dealkylation sites (tertiary alicyclic amines) is 1. The van der Waals surface area contributed by atoms with E-state index in [1.807, 2.05) is 19.1 Å². The fraction of sp³-hybridized carbons (Fsp3) is 0.650. The first-order chi connectivity index (χ1) is 13.1. The molecule has 7 nitrogen and oxygen atoms in total. The van der Waals surface area contributed by atoms with Gasteiger partial charge in [0, 0.05) is 50.9 Å². The molecule has 1 aliphatic carbocycles. The lowest BCUT2D eigenvalue weighted by atomic mass is 10.2. The highest BCUT2D eigenvalue weighted by Crippen LogP contribution is 2.26. The van der Waals surface area contributed by atoms with E-state index in [1.54, 1.807) is 13.1 Å². The number of aromatic nitrogens is 1. The van der Waals surface area contributed by atoms with Gasteiger partial charge >= 0.3 is 0 Å². The van der Waals surface area contributed by atoms with Crippen LogP contribution in [0, 0.1) is 6.92 Å². The number of halogens is 1. The fourth-order valence-corrected chi connectivity index (χ4v) is 4.01. The quantitative estimate of drug-likeness (QED) is 0.318. The SMILES string of the molecule is CN=C(NCCC(=O)Nc1cccc(C)n1)NC1CCN(C2CCCC2)C1.I. The number of nitrogens with one attached hydrogen (secondary N) is 3. The van der Waals surface area contributed by atoms with Gasteiger partial charge in [0.15, 0.2) is 5.96 Å². The third-order valence-electron chi connectivity index (χ3n) is 5.43. The molecule has 28 heavy (non-hydrogen) atoms. The molecule has 1 amide bonds. The molecule has 1 aromatic heterocycles. The standard InChI is InChI=1S/C20H32N6O.HI/c1-15-6-5-9-18(23-15)25-19(27)10-12-22-20(21-2)24-16-11-13-26(14-16)17-7-3-4-8-17;/h5-6,9,16-17H,3-4,7-8,10-14H2,1-2H3,(H2,21,22,24)(H,23,25,27);1H. The highest BCUT2D eigenvalue weighted by atomic mass is 127. The predicted molar refractivity (Wildman–Crippen MR) is 124 cm³/mol. The lowest BCUT2D eigenvalue weighted by Crippen LogP contribution is -2.45. The minimum atomic E-state index is -0.0515. The van der Waals surface area contributed by atoms with E-state index in [9.17, 15) is 4.79 Å². The van der Waals surface area contributed by atoms with Crippen LogP contribution in [0.5, 0.6) is 0 Å². The zero-order valence-electron chi connectivity index (χ0n) is 16.9. The van der Waals surface area contributed by atoms with Crippen molar-refractivity contribution in [1.29, 1.82) is 0 Å². The smallest absolute Gasteiger partial charge is 0.227 e. The van der Waals surface area contributed by atoms with Crippen molar-refractivity contribution >= 4 is 41.7 Å². The third kappa shape index (κ3) is 6.88. The molecule has 2 heterocycles. The fourth-order valence-electron chi connectivity index (χ4n) is 4.01. The third-order valence-corrected chi connectivity index (χ3v) is 5.43. The Labute approximate surface area is 185 Å². The number of carbonyl (C=O) groups excluding carboxylic acids is 1. The van der Waals surface area contributed by atoms with Gasteiger partial charge in [-0.1, -0.05) is 18.9 Å². The molecule has 1 atom stereocenters. The van der Waals surface area contributed by atoms with Crippen LogP contribution >= 0.6 is 24.0 Å². The number of aliphatic imine (C=N–C) groups is 1. The average Bonchev–Trinajstić information content (AvgIpc) is 3.32. The highest BCUT2D eigenvalue weighted by Gasteiger charge is 2.30. The second-order valence-electron chi connectivity index (χ2n) is 7.52. The van der Waals surface area contributed by atoms with Crippen molar-refractivity contribution in [2.45, 2.75) is 57.5 Å². The molecule has 1 aliphatic heterocycles. The van der Waals surface area contributed by atoms with E-state index in [1.165, 1.54) is 32.2 Å². The van der Waals surface area contributed by atoms with Crippen LogP contribution in [0.3, 0.4) is 0 Å². The summed E-state index contributed by atoms with van der Waals surface area (Å²) in [6.45, 7) is 4.70. The number of guanidine groups is 1. The number of nitrogens with zero attached hydrogens (tertiary/aromatic N) is 3. The van der Waals surface area contributed by atoms with Gasteiger partial charge in [-0.05, 0) is 38.3 Å². The van der Waals surface area contributed by atoms with E-state index in [2.05, 4.69) is 30.8 Å². The number of anilines is 1. The molecule has 156 valence electrons. The van der Waals surface area contributed by atoms with Crippen molar-refractivity contribution in [3.63, 3.8) is 0 Å². The number of hydrogen-bond donors (Lipinski definition) is 3. The van der Waals surface area contributed by atoms with Crippen LogP contribution in [-0.2, 0) is 4.79 Å². The van der Waals surface area contributed by atoms with E-state index in [4.69, 9.17) is 0 Å². The molecular formula is C20H33IN6O. The van der Waals surface area contributed by atoms with Crippen LogP contribution in [0.25, 0.3) is 0 Å². The van der Waals surface area contributed by atoms with E-state index >= 15 is 0 Å². The van der Waals surface area contributed by atoms with Crippen LogP contribution in [0.1, 0.15) is 44.2 Å². The van der Waals surface area contributed by atoms with Crippen molar-refractivity contribution in [3.8, 4) is 0 Å². The first kappa shape index (κ1) is 22.9. The van der Waals surface area contributed by atoms with E-state index in [0.29, 0.717) is 24.8 Å². The molecule has 1 unspecified atom stereocenters. The van der Waals surface area contributed by atoms with Gasteiger partial charge in [0.05, 0.1) is 0 Å². The molecule has 2 aliphatic rings. The van der Waals surface area contributed by atoms with Crippen LogP contribution in [0.15, 0.2) is 23.2 Å². The second kappa shape index (κ2) is 11.5. The van der Waals surface area contributed by atoms with Gasteiger partial charge in [-0.15, -0.1) is 24.0 Å². The van der Waals surface area contributed by atoms with Crippen molar-refractivity contribution < 1.29 is 4.79 Å². The zero-order chi connectivity index (χ0) is 19.1.